The number of hydrogen-bond acceptors (Lipinski definition) is 7. The lowest BCUT2D eigenvalue weighted by Crippen LogP contribution is -2.43. The highest BCUT2D eigenvalue weighted by Gasteiger charge is 2.23. The summed E-state index contributed by atoms with van der Waals surface area (Å²) in [6.07, 6.45) is 2.64. The second-order valence-electron chi connectivity index (χ2n) is 6.97. The Morgan fingerprint density at radius 2 is 2.07 bits per heavy atom. The summed E-state index contributed by atoms with van der Waals surface area (Å²) < 4.78 is 0. The molecule has 8 heteroatoms. The number of fused-ring (bicyclic) bond motifs is 1. The molecule has 1 aromatic heterocycles. The number of aromatic amines is 1. The number of nitrogens with zero attached hydrogens (tertiary/aromatic N) is 3. The van der Waals surface area contributed by atoms with Crippen LogP contribution >= 0.6 is 11.8 Å². The lowest BCUT2D eigenvalue weighted by molar-refractivity contribution is 0.0405. The fraction of sp³-hybridized carbons (Fsp3) is 0.450. The molecule has 0 saturated heterocycles. The minimum Gasteiger partial charge on any atom is -0.394 e. The van der Waals surface area contributed by atoms with E-state index in [9.17, 15) is 15.0 Å². The molecular formula is C20H26N4O3S. The van der Waals surface area contributed by atoms with Gasteiger partial charge in [0.2, 0.25) is 0 Å². The largest absolute Gasteiger partial charge is 0.394 e. The van der Waals surface area contributed by atoms with Gasteiger partial charge in [0.1, 0.15) is 5.36 Å². The maximum Gasteiger partial charge on any atom is 0.276 e. The van der Waals surface area contributed by atoms with E-state index in [-0.39, 0.29) is 18.1 Å². The summed E-state index contributed by atoms with van der Waals surface area (Å²) in [5.41, 5.74) is 1.95. The van der Waals surface area contributed by atoms with Crippen LogP contribution in [0.1, 0.15) is 5.56 Å². The summed E-state index contributed by atoms with van der Waals surface area (Å²) in [7, 11) is 0. The molecular weight excluding hydrogens is 376 g/mol. The first-order valence-corrected chi connectivity index (χ1v) is 10.7. The number of hydrogen-bond donors (Lipinski definition) is 3. The summed E-state index contributed by atoms with van der Waals surface area (Å²) in [6.45, 7) is 2.13. The third-order valence-corrected chi connectivity index (χ3v) is 5.62. The van der Waals surface area contributed by atoms with Crippen LogP contribution in [0.3, 0.4) is 0 Å². The van der Waals surface area contributed by atoms with Crippen LogP contribution in [-0.2, 0) is 6.54 Å². The highest BCUT2D eigenvalue weighted by Crippen LogP contribution is 2.16. The summed E-state index contributed by atoms with van der Waals surface area (Å²) in [5, 5.41) is 20.7. The van der Waals surface area contributed by atoms with Gasteiger partial charge in [-0.2, -0.15) is 11.8 Å². The van der Waals surface area contributed by atoms with Gasteiger partial charge in [0.25, 0.3) is 5.56 Å². The Kier molecular flexibility index (Phi) is 7.38. The van der Waals surface area contributed by atoms with Gasteiger partial charge in [-0.25, -0.2) is 4.98 Å². The van der Waals surface area contributed by atoms with Gasteiger partial charge in [0.15, 0.2) is 0 Å². The molecule has 1 aliphatic heterocycles. The van der Waals surface area contributed by atoms with Crippen molar-refractivity contribution in [2.45, 2.75) is 12.6 Å². The van der Waals surface area contributed by atoms with Gasteiger partial charge in [-0.1, -0.05) is 30.3 Å². The molecule has 0 unspecified atom stereocenters. The molecule has 0 fully saturated rings. The van der Waals surface area contributed by atoms with E-state index >= 15 is 0 Å². The van der Waals surface area contributed by atoms with Gasteiger partial charge in [0.05, 0.1) is 30.9 Å². The molecule has 0 saturated carbocycles. The second kappa shape index (κ2) is 9.97. The van der Waals surface area contributed by atoms with Crippen molar-refractivity contribution in [2.24, 2.45) is 10.9 Å². The number of nitrogens with one attached hydrogen (secondary N) is 1. The van der Waals surface area contributed by atoms with Crippen molar-refractivity contribution < 1.29 is 10.2 Å². The number of aliphatic hydroxyl groups is 2. The fourth-order valence-corrected chi connectivity index (χ4v) is 4.20. The molecule has 3 N–H and O–H groups in total. The SMILES string of the molecule is CSC[C@H](CN(CC1=c2nc[nH]c(=O)c2=NC1)Cc1ccccc1)[C@H](O)CO. The van der Waals surface area contributed by atoms with E-state index in [0.717, 1.165) is 11.3 Å². The third kappa shape index (κ3) is 5.08. The monoisotopic (exact) mass is 402 g/mol. The van der Waals surface area contributed by atoms with Gasteiger partial charge in [-0.05, 0) is 23.1 Å². The van der Waals surface area contributed by atoms with Crippen LogP contribution in [0.4, 0.5) is 0 Å². The molecule has 2 heterocycles. The zero-order chi connectivity index (χ0) is 19.9. The molecule has 150 valence electrons. The Labute approximate surface area is 167 Å². The Morgan fingerprint density at radius 3 is 2.79 bits per heavy atom. The van der Waals surface area contributed by atoms with Crippen molar-refractivity contribution in [3.63, 3.8) is 0 Å². The van der Waals surface area contributed by atoms with Gasteiger partial charge < -0.3 is 15.2 Å². The van der Waals surface area contributed by atoms with E-state index in [0.29, 0.717) is 36.9 Å². The molecule has 0 aliphatic carbocycles. The molecule has 0 radical (unpaired) electrons. The molecule has 0 amide bonds. The minimum atomic E-state index is -0.766. The number of rotatable bonds is 10. The predicted octanol–water partition coefficient (Wildman–Crippen LogP) is -0.612. The quantitative estimate of drug-likeness (QED) is 0.490. The molecule has 2 aromatic rings. The zero-order valence-corrected chi connectivity index (χ0v) is 16.7. The molecule has 1 aromatic carbocycles. The average molecular weight is 403 g/mol. The summed E-state index contributed by atoms with van der Waals surface area (Å²) in [5.74, 6) is 0.690. The predicted molar refractivity (Wildman–Crippen MR) is 111 cm³/mol. The first-order valence-electron chi connectivity index (χ1n) is 9.26. The Hall–Kier alpha value is -2.00. The van der Waals surface area contributed by atoms with Crippen LogP contribution < -0.4 is 16.3 Å². The second-order valence-corrected chi connectivity index (χ2v) is 7.88. The smallest absolute Gasteiger partial charge is 0.276 e. The van der Waals surface area contributed by atoms with Crippen LogP contribution in [0.2, 0.25) is 0 Å². The lowest BCUT2D eigenvalue weighted by atomic mass is 10.0. The van der Waals surface area contributed by atoms with E-state index in [2.05, 4.69) is 32.0 Å². The Bertz CT molecular complexity index is 948. The number of thioether (sulfide) groups is 1. The van der Waals surface area contributed by atoms with Crippen molar-refractivity contribution in [1.29, 1.82) is 0 Å². The van der Waals surface area contributed by atoms with Crippen molar-refractivity contribution >= 4 is 17.3 Å². The molecule has 3 rings (SSSR count). The molecule has 28 heavy (non-hydrogen) atoms. The van der Waals surface area contributed by atoms with Crippen LogP contribution in [0.5, 0.6) is 0 Å². The maximum absolute atomic E-state index is 11.9. The molecule has 0 bridgehead atoms. The summed E-state index contributed by atoms with van der Waals surface area (Å²) in [6, 6.07) is 10.1. The van der Waals surface area contributed by atoms with Gasteiger partial charge in [-0.3, -0.25) is 14.7 Å². The van der Waals surface area contributed by atoms with Crippen LogP contribution in [0.15, 0.2) is 46.4 Å². The van der Waals surface area contributed by atoms with Crippen LogP contribution in [0, 0.1) is 5.92 Å². The first-order chi connectivity index (χ1) is 13.6. The topological polar surface area (TPSA) is 102 Å². The van der Waals surface area contributed by atoms with Crippen molar-refractivity contribution in [1.82, 2.24) is 14.9 Å². The number of aliphatic hydroxyl groups excluding tert-OH is 2. The number of H-pyrrole nitrogens is 1. The van der Waals surface area contributed by atoms with Crippen molar-refractivity contribution in [2.75, 3.05) is 38.2 Å². The van der Waals surface area contributed by atoms with E-state index in [1.165, 1.54) is 11.9 Å². The number of benzene rings is 1. The minimum absolute atomic E-state index is 0.0609. The van der Waals surface area contributed by atoms with Crippen LogP contribution in [-0.4, -0.2) is 69.4 Å². The zero-order valence-electron chi connectivity index (χ0n) is 15.9. The number of aromatic nitrogens is 2. The summed E-state index contributed by atoms with van der Waals surface area (Å²) in [4.78, 5) is 25.4. The maximum atomic E-state index is 11.9. The van der Waals surface area contributed by atoms with Gasteiger partial charge in [-0.15, -0.1) is 0 Å². The first kappa shape index (κ1) is 20.7. The highest BCUT2D eigenvalue weighted by atomic mass is 32.2. The highest BCUT2D eigenvalue weighted by molar-refractivity contribution is 7.98. The summed E-state index contributed by atoms with van der Waals surface area (Å²) >= 11 is 1.65. The molecule has 7 nitrogen and oxygen atoms in total. The Balaban J connectivity index is 1.87. The molecule has 0 spiro atoms. The normalized spacial score (nSPS) is 15.4. The van der Waals surface area contributed by atoms with Crippen molar-refractivity contribution in [3.05, 3.63) is 63.3 Å². The molecule has 1 aliphatic rings. The molecule has 2 atom stereocenters. The fourth-order valence-electron chi connectivity index (χ4n) is 3.45. The van der Waals surface area contributed by atoms with Crippen molar-refractivity contribution in [3.8, 4) is 0 Å². The Morgan fingerprint density at radius 1 is 1.29 bits per heavy atom. The van der Waals surface area contributed by atoms with Gasteiger partial charge >= 0.3 is 0 Å². The van der Waals surface area contributed by atoms with E-state index in [1.807, 2.05) is 24.5 Å². The van der Waals surface area contributed by atoms with Gasteiger partial charge in [0, 0.05) is 25.6 Å². The van der Waals surface area contributed by atoms with E-state index < -0.39 is 6.10 Å². The van der Waals surface area contributed by atoms with E-state index in [4.69, 9.17) is 0 Å². The third-order valence-electron chi connectivity index (χ3n) is 4.86. The standard InChI is InChI=1S/C20H26N4O3S/c1-28-12-16(17(26)11-25)10-24(8-14-5-3-2-4-6-14)9-15-7-21-19-18(15)22-13-23-20(19)27/h2-6,13,16-17,25-26H,7-12H2,1H3,(H,22,23,27)/t16-,17+/m0/s1. The van der Waals surface area contributed by atoms with E-state index in [1.54, 1.807) is 11.8 Å². The lowest BCUT2D eigenvalue weighted by Gasteiger charge is -2.30. The van der Waals surface area contributed by atoms with Crippen LogP contribution in [0.25, 0.3) is 5.57 Å². The average Bonchev–Trinajstić information content (AvgIpc) is 3.12.